The molecule has 0 aromatic rings. The van der Waals surface area contributed by atoms with Gasteiger partial charge >= 0.3 is 0 Å². The fourth-order valence-electron chi connectivity index (χ4n) is 3.06. The van der Waals surface area contributed by atoms with Crippen LogP contribution in [-0.2, 0) is 9.59 Å². The Kier molecular flexibility index (Phi) is 3.90. The number of piperidine rings is 1. The summed E-state index contributed by atoms with van der Waals surface area (Å²) in [5, 5.41) is 3.30. The first-order valence-electron chi connectivity index (χ1n) is 6.84. The Morgan fingerprint density at radius 2 is 1.94 bits per heavy atom. The first-order valence-corrected chi connectivity index (χ1v) is 6.84. The molecule has 2 saturated heterocycles. The summed E-state index contributed by atoms with van der Waals surface area (Å²) < 4.78 is 0. The van der Waals surface area contributed by atoms with Gasteiger partial charge in [-0.1, -0.05) is 0 Å². The number of hydrogen-bond acceptors (Lipinski definition) is 3. The standard InChI is InChI=1S/C13H23N3O2/c1-8-3-4-10(12(14)17)7-16(8)13(18)11-5-6-15-9(11)2/h8-11,15H,3-7H2,1-2H3,(H2,14,17). The Morgan fingerprint density at radius 3 is 2.50 bits per heavy atom. The van der Waals surface area contributed by atoms with Gasteiger partial charge in [-0.05, 0) is 39.7 Å². The zero-order valence-corrected chi connectivity index (χ0v) is 11.2. The van der Waals surface area contributed by atoms with Gasteiger partial charge in [0.05, 0.1) is 11.8 Å². The van der Waals surface area contributed by atoms with E-state index in [4.69, 9.17) is 5.73 Å². The SMILES string of the molecule is CC1NCCC1C(=O)N1CC(C(N)=O)CCC1C. The summed E-state index contributed by atoms with van der Waals surface area (Å²) in [4.78, 5) is 25.7. The normalized spacial score (nSPS) is 36.7. The van der Waals surface area contributed by atoms with Crippen LogP contribution < -0.4 is 11.1 Å². The van der Waals surface area contributed by atoms with Crippen LogP contribution in [0.1, 0.15) is 33.1 Å². The molecule has 0 spiro atoms. The highest BCUT2D eigenvalue weighted by atomic mass is 16.2. The number of nitrogens with zero attached hydrogens (tertiary/aromatic N) is 1. The first-order chi connectivity index (χ1) is 8.50. The van der Waals surface area contributed by atoms with Gasteiger partial charge in [0.2, 0.25) is 11.8 Å². The molecule has 0 aromatic carbocycles. The molecule has 2 fully saturated rings. The van der Waals surface area contributed by atoms with Gasteiger partial charge in [0.15, 0.2) is 0 Å². The maximum atomic E-state index is 12.5. The predicted octanol–water partition coefficient (Wildman–Crippen LogP) is 0.0968. The molecule has 0 aliphatic carbocycles. The van der Waals surface area contributed by atoms with Gasteiger partial charge in [-0.2, -0.15) is 0 Å². The highest BCUT2D eigenvalue weighted by molar-refractivity contribution is 5.82. The number of nitrogens with two attached hydrogens (primary N) is 1. The average Bonchev–Trinajstić information content (AvgIpc) is 2.75. The van der Waals surface area contributed by atoms with Crippen molar-refractivity contribution in [3.63, 3.8) is 0 Å². The van der Waals surface area contributed by atoms with E-state index >= 15 is 0 Å². The smallest absolute Gasteiger partial charge is 0.227 e. The van der Waals surface area contributed by atoms with Crippen LogP contribution in [0, 0.1) is 11.8 Å². The number of likely N-dealkylation sites (tertiary alicyclic amines) is 1. The van der Waals surface area contributed by atoms with Crippen LogP contribution in [0.4, 0.5) is 0 Å². The second-order valence-corrected chi connectivity index (χ2v) is 5.65. The Morgan fingerprint density at radius 1 is 1.22 bits per heavy atom. The van der Waals surface area contributed by atoms with Crippen molar-refractivity contribution in [2.75, 3.05) is 13.1 Å². The van der Waals surface area contributed by atoms with Gasteiger partial charge in [-0.25, -0.2) is 0 Å². The minimum Gasteiger partial charge on any atom is -0.369 e. The van der Waals surface area contributed by atoms with E-state index in [2.05, 4.69) is 19.2 Å². The van der Waals surface area contributed by atoms with Crippen molar-refractivity contribution < 1.29 is 9.59 Å². The van der Waals surface area contributed by atoms with Crippen molar-refractivity contribution >= 4 is 11.8 Å². The molecule has 2 aliphatic rings. The van der Waals surface area contributed by atoms with E-state index in [1.54, 1.807) is 0 Å². The van der Waals surface area contributed by atoms with Crippen molar-refractivity contribution in [1.29, 1.82) is 0 Å². The predicted molar refractivity (Wildman–Crippen MR) is 68.7 cm³/mol. The molecule has 5 heteroatoms. The summed E-state index contributed by atoms with van der Waals surface area (Å²) in [5.41, 5.74) is 5.37. The summed E-state index contributed by atoms with van der Waals surface area (Å²) in [5.74, 6) is -0.211. The van der Waals surface area contributed by atoms with Crippen LogP contribution in [0.5, 0.6) is 0 Å². The lowest BCUT2D eigenvalue weighted by molar-refractivity contribution is -0.141. The van der Waals surface area contributed by atoms with Gasteiger partial charge in [-0.3, -0.25) is 9.59 Å². The minimum absolute atomic E-state index is 0.0547. The molecule has 0 aromatic heterocycles. The number of rotatable bonds is 2. The van der Waals surface area contributed by atoms with Crippen molar-refractivity contribution in [2.45, 2.75) is 45.2 Å². The van der Waals surface area contributed by atoms with Gasteiger partial charge in [0.1, 0.15) is 0 Å². The Hall–Kier alpha value is -1.10. The monoisotopic (exact) mass is 253 g/mol. The topological polar surface area (TPSA) is 75.4 Å². The van der Waals surface area contributed by atoms with Crippen LogP contribution in [0.25, 0.3) is 0 Å². The van der Waals surface area contributed by atoms with Crippen molar-refractivity contribution in [1.82, 2.24) is 10.2 Å². The third-order valence-corrected chi connectivity index (χ3v) is 4.41. The molecule has 0 saturated carbocycles. The van der Waals surface area contributed by atoms with Crippen molar-refractivity contribution in [3.8, 4) is 0 Å². The summed E-state index contributed by atoms with van der Waals surface area (Å²) in [7, 11) is 0. The van der Waals surface area contributed by atoms with Crippen LogP contribution in [0.3, 0.4) is 0 Å². The summed E-state index contributed by atoms with van der Waals surface area (Å²) in [6.45, 7) is 5.51. The fraction of sp³-hybridized carbons (Fsp3) is 0.846. The molecular weight excluding hydrogens is 230 g/mol. The maximum absolute atomic E-state index is 12.5. The largest absolute Gasteiger partial charge is 0.369 e. The number of amides is 2. The fourth-order valence-corrected chi connectivity index (χ4v) is 3.06. The van der Waals surface area contributed by atoms with Crippen LogP contribution in [0.2, 0.25) is 0 Å². The first kappa shape index (κ1) is 13.3. The van der Waals surface area contributed by atoms with E-state index in [0.717, 1.165) is 25.8 Å². The molecule has 102 valence electrons. The molecule has 4 atom stereocenters. The number of hydrogen-bond donors (Lipinski definition) is 2. The molecule has 0 radical (unpaired) electrons. The van der Waals surface area contributed by atoms with E-state index in [9.17, 15) is 9.59 Å². The third-order valence-electron chi connectivity index (χ3n) is 4.41. The molecule has 5 nitrogen and oxygen atoms in total. The Labute approximate surface area is 108 Å². The zero-order valence-electron chi connectivity index (χ0n) is 11.2. The van der Waals surface area contributed by atoms with Crippen LogP contribution in [-0.4, -0.2) is 41.9 Å². The van der Waals surface area contributed by atoms with Crippen LogP contribution in [0.15, 0.2) is 0 Å². The summed E-state index contributed by atoms with van der Waals surface area (Å²) in [6, 6.07) is 0.458. The second kappa shape index (κ2) is 5.26. The molecule has 4 unspecified atom stereocenters. The molecule has 0 bridgehead atoms. The molecule has 2 aliphatic heterocycles. The molecular formula is C13H23N3O2. The highest BCUT2D eigenvalue weighted by Crippen LogP contribution is 2.26. The molecule has 3 N–H and O–H groups in total. The summed E-state index contributed by atoms with van der Waals surface area (Å²) in [6.07, 6.45) is 2.57. The molecule has 18 heavy (non-hydrogen) atoms. The lowest BCUT2D eigenvalue weighted by Crippen LogP contribution is -2.51. The number of carbonyl (C=O) groups is 2. The van der Waals surface area contributed by atoms with Crippen LogP contribution >= 0.6 is 0 Å². The second-order valence-electron chi connectivity index (χ2n) is 5.65. The Bertz CT molecular complexity index is 345. The van der Waals surface area contributed by atoms with E-state index in [-0.39, 0.29) is 35.7 Å². The summed E-state index contributed by atoms with van der Waals surface area (Å²) >= 11 is 0. The maximum Gasteiger partial charge on any atom is 0.227 e. The zero-order chi connectivity index (χ0) is 13.3. The quantitative estimate of drug-likeness (QED) is 0.732. The Balaban J connectivity index is 2.05. The van der Waals surface area contributed by atoms with Crippen molar-refractivity contribution in [3.05, 3.63) is 0 Å². The minimum atomic E-state index is -0.280. The third kappa shape index (κ3) is 2.51. The lowest BCUT2D eigenvalue weighted by Gasteiger charge is -2.38. The van der Waals surface area contributed by atoms with E-state index in [1.807, 2.05) is 4.90 Å². The van der Waals surface area contributed by atoms with E-state index < -0.39 is 0 Å². The van der Waals surface area contributed by atoms with Gasteiger partial charge in [0, 0.05) is 18.6 Å². The number of primary amides is 1. The number of nitrogens with one attached hydrogen (secondary N) is 1. The van der Waals surface area contributed by atoms with Gasteiger partial charge < -0.3 is 16.0 Å². The molecule has 2 amide bonds. The van der Waals surface area contributed by atoms with E-state index in [0.29, 0.717) is 6.54 Å². The van der Waals surface area contributed by atoms with E-state index in [1.165, 1.54) is 0 Å². The van der Waals surface area contributed by atoms with Gasteiger partial charge in [-0.15, -0.1) is 0 Å². The number of carbonyl (C=O) groups excluding carboxylic acids is 2. The van der Waals surface area contributed by atoms with Gasteiger partial charge in [0.25, 0.3) is 0 Å². The molecule has 2 heterocycles. The molecule has 2 rings (SSSR count). The highest BCUT2D eigenvalue weighted by Gasteiger charge is 2.38. The lowest BCUT2D eigenvalue weighted by atomic mass is 9.90. The average molecular weight is 253 g/mol. The van der Waals surface area contributed by atoms with Crippen molar-refractivity contribution in [2.24, 2.45) is 17.6 Å².